The van der Waals surface area contributed by atoms with Gasteiger partial charge >= 0.3 is 17.7 Å². The first-order valence-corrected chi connectivity index (χ1v) is 8.33. The predicted molar refractivity (Wildman–Crippen MR) is 94.4 cm³/mol. The number of aryl methyl sites for hydroxylation is 2. The number of hydrogen-bond acceptors (Lipinski definition) is 5. The number of imidazole rings is 1. The maximum absolute atomic E-state index is 12.6. The van der Waals surface area contributed by atoms with Gasteiger partial charge in [-0.3, -0.25) is 24.0 Å². The van der Waals surface area contributed by atoms with Crippen LogP contribution in [0.5, 0.6) is 0 Å². The maximum Gasteiger partial charge on any atom is 0.329 e. The van der Waals surface area contributed by atoms with Crippen molar-refractivity contribution in [2.45, 2.75) is 45.9 Å². The summed E-state index contributed by atoms with van der Waals surface area (Å²) < 4.78 is 8.14. The first-order valence-electron chi connectivity index (χ1n) is 8.33. The number of urea groups is 1. The number of amides is 3. The van der Waals surface area contributed by atoms with Gasteiger partial charge in [-0.25, -0.2) is 9.59 Å². The molecule has 1 atom stereocenters. The number of carbonyl (C=O) groups excluding carboxylic acids is 3. The van der Waals surface area contributed by atoms with Crippen LogP contribution in [0.15, 0.2) is 29.1 Å². The van der Waals surface area contributed by atoms with E-state index in [4.69, 9.17) is 10.5 Å². The number of para-hydroxylation sites is 2. The summed E-state index contributed by atoms with van der Waals surface area (Å²) in [6.07, 6.45) is -0.440. The molecule has 0 aliphatic heterocycles. The van der Waals surface area contributed by atoms with E-state index < -0.39 is 24.0 Å². The standard InChI is InChI=1S/C17H22N4O5/c1-3-9-20-12-6-4-5-7-13(12)21(17(20)25)10-8-14(22)26-11(2)15(23)19-16(18)24/h4-7,11H,3,8-10H2,1-2H3,(H3,18,19,23,24)/t11-/m1/s1. The summed E-state index contributed by atoms with van der Waals surface area (Å²) >= 11 is 0. The highest BCUT2D eigenvalue weighted by Crippen LogP contribution is 2.13. The molecule has 1 heterocycles. The zero-order chi connectivity index (χ0) is 19.3. The van der Waals surface area contributed by atoms with Gasteiger partial charge in [0, 0.05) is 13.1 Å². The number of imide groups is 1. The van der Waals surface area contributed by atoms with Crippen LogP contribution in [0, 0.1) is 0 Å². The molecule has 3 amide bonds. The van der Waals surface area contributed by atoms with Gasteiger partial charge in [0.2, 0.25) is 0 Å². The third-order valence-electron chi connectivity index (χ3n) is 3.84. The van der Waals surface area contributed by atoms with Gasteiger partial charge in [0.25, 0.3) is 5.91 Å². The zero-order valence-electron chi connectivity index (χ0n) is 14.7. The lowest BCUT2D eigenvalue weighted by atomic mass is 10.3. The molecule has 0 bridgehead atoms. The second-order valence-electron chi connectivity index (χ2n) is 5.81. The molecule has 3 N–H and O–H groups in total. The number of nitrogens with zero attached hydrogens (tertiary/aromatic N) is 2. The van der Waals surface area contributed by atoms with Crippen LogP contribution < -0.4 is 16.7 Å². The van der Waals surface area contributed by atoms with Crippen molar-refractivity contribution in [3.8, 4) is 0 Å². The van der Waals surface area contributed by atoms with Crippen LogP contribution in [0.3, 0.4) is 0 Å². The third kappa shape index (κ3) is 4.29. The summed E-state index contributed by atoms with van der Waals surface area (Å²) in [5, 5.41) is 1.84. The van der Waals surface area contributed by atoms with Crippen LogP contribution in [-0.2, 0) is 27.4 Å². The molecule has 9 nitrogen and oxygen atoms in total. The molecule has 0 unspecified atom stereocenters. The van der Waals surface area contributed by atoms with Gasteiger partial charge in [-0.2, -0.15) is 0 Å². The summed E-state index contributed by atoms with van der Waals surface area (Å²) in [4.78, 5) is 46.7. The molecule has 0 saturated heterocycles. The number of carbonyl (C=O) groups is 3. The summed E-state index contributed by atoms with van der Waals surface area (Å²) in [5.74, 6) is -1.46. The second kappa shape index (κ2) is 8.32. The minimum Gasteiger partial charge on any atom is -0.452 e. The number of aromatic nitrogens is 2. The summed E-state index contributed by atoms with van der Waals surface area (Å²) in [7, 11) is 0. The van der Waals surface area contributed by atoms with Gasteiger partial charge in [0.15, 0.2) is 6.10 Å². The molecule has 1 aromatic heterocycles. The number of esters is 1. The predicted octanol–water partition coefficient (Wildman–Crippen LogP) is 0.730. The molecule has 140 valence electrons. The van der Waals surface area contributed by atoms with Gasteiger partial charge in [0.05, 0.1) is 17.5 Å². The highest BCUT2D eigenvalue weighted by molar-refractivity contribution is 5.96. The first-order chi connectivity index (χ1) is 12.3. The molecule has 0 saturated carbocycles. The van der Waals surface area contributed by atoms with E-state index >= 15 is 0 Å². The van der Waals surface area contributed by atoms with E-state index in [2.05, 4.69) is 0 Å². The molecule has 0 spiro atoms. The molecular formula is C17H22N4O5. The molecule has 0 aliphatic rings. The van der Waals surface area contributed by atoms with E-state index in [0.717, 1.165) is 17.5 Å². The minimum atomic E-state index is -1.16. The summed E-state index contributed by atoms with van der Waals surface area (Å²) in [6.45, 7) is 4.02. The Morgan fingerprint density at radius 2 is 1.73 bits per heavy atom. The van der Waals surface area contributed by atoms with Gasteiger partial charge in [-0.05, 0) is 25.5 Å². The van der Waals surface area contributed by atoms with Crippen molar-refractivity contribution < 1.29 is 19.1 Å². The van der Waals surface area contributed by atoms with E-state index in [1.54, 1.807) is 4.57 Å². The van der Waals surface area contributed by atoms with E-state index in [0.29, 0.717) is 6.54 Å². The van der Waals surface area contributed by atoms with Crippen molar-refractivity contribution in [1.29, 1.82) is 0 Å². The van der Waals surface area contributed by atoms with Gasteiger partial charge in [-0.15, -0.1) is 0 Å². The highest BCUT2D eigenvalue weighted by atomic mass is 16.5. The van der Waals surface area contributed by atoms with Gasteiger partial charge in [0.1, 0.15) is 0 Å². The summed E-state index contributed by atoms with van der Waals surface area (Å²) in [6, 6.07) is 6.33. The lowest BCUT2D eigenvalue weighted by Gasteiger charge is -2.12. The second-order valence-corrected chi connectivity index (χ2v) is 5.81. The fourth-order valence-corrected chi connectivity index (χ4v) is 2.66. The van der Waals surface area contributed by atoms with Crippen molar-refractivity contribution in [3.63, 3.8) is 0 Å². The number of fused-ring (bicyclic) bond motifs is 1. The van der Waals surface area contributed by atoms with Crippen LogP contribution in [0.25, 0.3) is 11.0 Å². The molecule has 9 heteroatoms. The highest BCUT2D eigenvalue weighted by Gasteiger charge is 2.20. The van der Waals surface area contributed by atoms with Crippen LogP contribution in [0.2, 0.25) is 0 Å². The fourth-order valence-electron chi connectivity index (χ4n) is 2.66. The first kappa shape index (κ1) is 19.2. The van der Waals surface area contributed by atoms with E-state index in [1.165, 1.54) is 11.5 Å². The van der Waals surface area contributed by atoms with Crippen LogP contribution in [0.1, 0.15) is 26.7 Å². The lowest BCUT2D eigenvalue weighted by Crippen LogP contribution is -2.42. The monoisotopic (exact) mass is 362 g/mol. The van der Waals surface area contributed by atoms with E-state index in [1.807, 2.05) is 36.5 Å². The number of primary amides is 1. The van der Waals surface area contributed by atoms with Crippen molar-refractivity contribution in [3.05, 3.63) is 34.7 Å². The number of hydrogen-bond donors (Lipinski definition) is 2. The largest absolute Gasteiger partial charge is 0.452 e. The van der Waals surface area contributed by atoms with Gasteiger partial charge in [-0.1, -0.05) is 19.1 Å². The molecule has 0 radical (unpaired) electrons. The Balaban J connectivity index is 2.09. The Labute approximate surface area is 149 Å². The Morgan fingerprint density at radius 1 is 1.15 bits per heavy atom. The molecular weight excluding hydrogens is 340 g/mol. The smallest absolute Gasteiger partial charge is 0.329 e. The fraction of sp³-hybridized carbons (Fsp3) is 0.412. The molecule has 0 fully saturated rings. The van der Waals surface area contributed by atoms with Gasteiger partial charge < -0.3 is 10.5 Å². The minimum absolute atomic E-state index is 0.0891. The number of rotatable bonds is 7. The van der Waals surface area contributed by atoms with Crippen molar-refractivity contribution in [1.82, 2.24) is 14.5 Å². The van der Waals surface area contributed by atoms with Crippen LogP contribution in [-0.4, -0.2) is 33.1 Å². The average Bonchev–Trinajstić information content (AvgIpc) is 2.85. The normalized spacial score (nSPS) is 11.9. The number of nitrogens with two attached hydrogens (primary N) is 1. The maximum atomic E-state index is 12.6. The van der Waals surface area contributed by atoms with Crippen molar-refractivity contribution in [2.24, 2.45) is 5.73 Å². The third-order valence-corrected chi connectivity index (χ3v) is 3.84. The van der Waals surface area contributed by atoms with Crippen LogP contribution in [0.4, 0.5) is 4.79 Å². The Bertz CT molecular complexity index is 883. The molecule has 1 aromatic carbocycles. The quantitative estimate of drug-likeness (QED) is 0.702. The SMILES string of the molecule is CCCn1c(=O)n(CCC(=O)O[C@H](C)C(=O)NC(N)=O)c2ccccc21. The topological polar surface area (TPSA) is 125 Å². The zero-order valence-corrected chi connectivity index (χ0v) is 14.7. The molecule has 2 rings (SSSR count). The average molecular weight is 362 g/mol. The lowest BCUT2D eigenvalue weighted by molar-refractivity contribution is -0.154. The Kier molecular flexibility index (Phi) is 6.16. The van der Waals surface area contributed by atoms with E-state index in [-0.39, 0.29) is 18.7 Å². The number of benzene rings is 1. The number of nitrogens with one attached hydrogen (secondary N) is 1. The Hall–Kier alpha value is -3.10. The molecule has 2 aromatic rings. The molecule has 26 heavy (non-hydrogen) atoms. The summed E-state index contributed by atoms with van der Waals surface area (Å²) in [5.41, 5.74) is 6.19. The Morgan fingerprint density at radius 3 is 2.27 bits per heavy atom. The van der Waals surface area contributed by atoms with Crippen molar-refractivity contribution >= 4 is 28.9 Å². The number of ether oxygens (including phenoxy) is 1. The van der Waals surface area contributed by atoms with Crippen molar-refractivity contribution in [2.75, 3.05) is 0 Å². The van der Waals surface area contributed by atoms with E-state index in [9.17, 15) is 19.2 Å². The van der Waals surface area contributed by atoms with Crippen LogP contribution >= 0.6 is 0 Å². The molecule has 0 aliphatic carbocycles.